The highest BCUT2D eigenvalue weighted by Gasteiger charge is 2.23. The first-order valence-corrected chi connectivity index (χ1v) is 5.91. The van der Waals surface area contributed by atoms with E-state index in [0.29, 0.717) is 13.2 Å². The van der Waals surface area contributed by atoms with Crippen LogP contribution in [0.1, 0.15) is 19.4 Å². The van der Waals surface area contributed by atoms with Gasteiger partial charge < -0.3 is 9.47 Å². The number of hydrogen-bond donors (Lipinski definition) is 0. The zero-order valence-corrected chi connectivity index (χ0v) is 10.9. The molecule has 2 rings (SSSR count). The van der Waals surface area contributed by atoms with Gasteiger partial charge >= 0.3 is 0 Å². The summed E-state index contributed by atoms with van der Waals surface area (Å²) in [5.74, 6) is 4.30. The van der Waals surface area contributed by atoms with Gasteiger partial charge in [-0.2, -0.15) is 0 Å². The molecule has 1 aromatic rings. The fourth-order valence-corrected chi connectivity index (χ4v) is 2.11. The number of rotatable bonds is 1. The maximum Gasteiger partial charge on any atom is 0.175 e. The van der Waals surface area contributed by atoms with Crippen LogP contribution >= 0.6 is 15.9 Å². The minimum absolute atomic E-state index is 0.307. The summed E-state index contributed by atoms with van der Waals surface area (Å²) in [6, 6.07) is 3.95. The second-order valence-electron chi connectivity index (χ2n) is 4.25. The summed E-state index contributed by atoms with van der Waals surface area (Å²) in [6.07, 6.45) is 5.53. The molecule has 1 heterocycles. The second kappa shape index (κ2) is 4.03. The van der Waals surface area contributed by atoms with E-state index in [2.05, 4.69) is 21.9 Å². The molecule has 2 nitrogen and oxygen atoms in total. The summed E-state index contributed by atoms with van der Waals surface area (Å²) in [5.41, 5.74) is 0.740. The Labute approximate surface area is 104 Å². The standard InChI is InChI=1S/C13H13BrO2/c1-4-13(2,3)9-7-10(14)12-11(8-9)15-5-6-16-12/h1,7-8H,5-6H2,2-3H3. The minimum Gasteiger partial charge on any atom is -0.486 e. The van der Waals surface area contributed by atoms with Gasteiger partial charge in [0.15, 0.2) is 11.5 Å². The molecular formula is C13H13BrO2. The molecule has 16 heavy (non-hydrogen) atoms. The van der Waals surface area contributed by atoms with Crippen LogP contribution in [0.4, 0.5) is 0 Å². The predicted molar refractivity (Wildman–Crippen MR) is 67.0 cm³/mol. The molecule has 0 bridgehead atoms. The van der Waals surface area contributed by atoms with E-state index in [4.69, 9.17) is 15.9 Å². The zero-order chi connectivity index (χ0) is 11.8. The lowest BCUT2D eigenvalue weighted by Gasteiger charge is -2.24. The lowest BCUT2D eigenvalue weighted by molar-refractivity contribution is 0.170. The van der Waals surface area contributed by atoms with E-state index in [1.54, 1.807) is 0 Å². The Morgan fingerprint density at radius 3 is 2.69 bits per heavy atom. The molecule has 0 aromatic heterocycles. The van der Waals surface area contributed by atoms with Gasteiger partial charge in [-0.25, -0.2) is 0 Å². The summed E-state index contributed by atoms with van der Waals surface area (Å²) < 4.78 is 12.0. The highest BCUT2D eigenvalue weighted by Crippen LogP contribution is 2.41. The first-order chi connectivity index (χ1) is 7.54. The number of halogens is 1. The molecule has 0 atom stereocenters. The zero-order valence-electron chi connectivity index (χ0n) is 9.34. The first kappa shape index (κ1) is 11.3. The molecule has 1 aliphatic rings. The Morgan fingerprint density at radius 2 is 2.00 bits per heavy atom. The molecular weight excluding hydrogens is 268 g/mol. The van der Waals surface area contributed by atoms with Gasteiger partial charge in [0.25, 0.3) is 0 Å². The maximum atomic E-state index is 5.56. The van der Waals surface area contributed by atoms with Crippen molar-refractivity contribution in [3.05, 3.63) is 22.2 Å². The van der Waals surface area contributed by atoms with Gasteiger partial charge in [0.05, 0.1) is 9.89 Å². The van der Waals surface area contributed by atoms with Crippen molar-refractivity contribution < 1.29 is 9.47 Å². The minimum atomic E-state index is -0.307. The van der Waals surface area contributed by atoms with Crippen LogP contribution in [0.15, 0.2) is 16.6 Å². The van der Waals surface area contributed by atoms with Crippen LogP contribution in [0.2, 0.25) is 0 Å². The van der Waals surface area contributed by atoms with Crippen molar-refractivity contribution >= 4 is 15.9 Å². The van der Waals surface area contributed by atoms with Crippen LogP contribution in [0.5, 0.6) is 11.5 Å². The van der Waals surface area contributed by atoms with Gasteiger partial charge in [-0.1, -0.05) is 5.92 Å². The second-order valence-corrected chi connectivity index (χ2v) is 5.11. The Hall–Kier alpha value is -1.14. The van der Waals surface area contributed by atoms with Crippen molar-refractivity contribution in [2.24, 2.45) is 0 Å². The molecule has 0 saturated heterocycles. The van der Waals surface area contributed by atoms with Gasteiger partial charge in [-0.3, -0.25) is 0 Å². The summed E-state index contributed by atoms with van der Waals surface area (Å²) in [4.78, 5) is 0. The fourth-order valence-electron chi connectivity index (χ4n) is 1.56. The number of benzene rings is 1. The molecule has 0 radical (unpaired) electrons. The van der Waals surface area contributed by atoms with Crippen molar-refractivity contribution in [1.82, 2.24) is 0 Å². The van der Waals surface area contributed by atoms with Gasteiger partial charge in [0, 0.05) is 0 Å². The number of fused-ring (bicyclic) bond motifs is 1. The third kappa shape index (κ3) is 1.90. The lowest BCUT2D eigenvalue weighted by atomic mass is 9.85. The Morgan fingerprint density at radius 1 is 1.31 bits per heavy atom. The van der Waals surface area contributed by atoms with Gasteiger partial charge in [0.1, 0.15) is 13.2 Å². The molecule has 0 fully saturated rings. The highest BCUT2D eigenvalue weighted by molar-refractivity contribution is 9.10. The lowest BCUT2D eigenvalue weighted by Crippen LogP contribution is -2.18. The number of hydrogen-bond acceptors (Lipinski definition) is 2. The van der Waals surface area contributed by atoms with Gasteiger partial charge in [-0.05, 0) is 47.5 Å². The van der Waals surface area contributed by atoms with Crippen LogP contribution in [0, 0.1) is 12.3 Å². The molecule has 0 unspecified atom stereocenters. The summed E-state index contributed by atoms with van der Waals surface area (Å²) >= 11 is 3.48. The van der Waals surface area contributed by atoms with E-state index >= 15 is 0 Å². The van der Waals surface area contributed by atoms with E-state index in [9.17, 15) is 0 Å². The van der Waals surface area contributed by atoms with Crippen LogP contribution in [0.3, 0.4) is 0 Å². The third-order valence-corrected chi connectivity index (χ3v) is 3.27. The normalized spacial score (nSPS) is 14.4. The van der Waals surface area contributed by atoms with E-state index in [1.807, 2.05) is 26.0 Å². The van der Waals surface area contributed by atoms with Gasteiger partial charge in [-0.15, -0.1) is 6.42 Å². The third-order valence-electron chi connectivity index (χ3n) is 2.68. The molecule has 0 saturated carbocycles. The Bertz CT molecular complexity index is 458. The van der Waals surface area contributed by atoms with Crippen LogP contribution in [-0.2, 0) is 5.41 Å². The van der Waals surface area contributed by atoms with E-state index in [1.165, 1.54) is 0 Å². The fraction of sp³-hybridized carbons (Fsp3) is 0.385. The molecule has 3 heteroatoms. The smallest absolute Gasteiger partial charge is 0.175 e. The van der Waals surface area contributed by atoms with Gasteiger partial charge in [0.2, 0.25) is 0 Å². The largest absolute Gasteiger partial charge is 0.486 e. The van der Waals surface area contributed by atoms with E-state index < -0.39 is 0 Å². The molecule has 0 amide bonds. The van der Waals surface area contributed by atoms with Crippen molar-refractivity contribution in [3.8, 4) is 23.8 Å². The molecule has 0 spiro atoms. The predicted octanol–water partition coefficient (Wildman–Crippen LogP) is 3.13. The number of ether oxygens (including phenoxy) is 2. The average Bonchev–Trinajstić information content (AvgIpc) is 2.29. The van der Waals surface area contributed by atoms with Crippen molar-refractivity contribution in [2.75, 3.05) is 13.2 Å². The SMILES string of the molecule is C#CC(C)(C)c1cc(Br)c2c(c1)OCCO2. The molecule has 0 aliphatic carbocycles. The van der Waals surface area contributed by atoms with Crippen LogP contribution < -0.4 is 9.47 Å². The first-order valence-electron chi connectivity index (χ1n) is 5.12. The number of terminal acetylenes is 1. The maximum absolute atomic E-state index is 5.56. The monoisotopic (exact) mass is 280 g/mol. The Kier molecular flexibility index (Phi) is 2.86. The highest BCUT2D eigenvalue weighted by atomic mass is 79.9. The van der Waals surface area contributed by atoms with Crippen LogP contribution in [-0.4, -0.2) is 13.2 Å². The quantitative estimate of drug-likeness (QED) is 0.736. The summed E-state index contributed by atoms with van der Waals surface area (Å²) in [5, 5.41) is 0. The summed E-state index contributed by atoms with van der Waals surface area (Å²) in [7, 11) is 0. The molecule has 1 aromatic carbocycles. The van der Waals surface area contributed by atoms with E-state index in [-0.39, 0.29) is 5.41 Å². The van der Waals surface area contributed by atoms with E-state index in [0.717, 1.165) is 21.5 Å². The molecule has 1 aliphatic heterocycles. The van der Waals surface area contributed by atoms with Crippen molar-refractivity contribution in [2.45, 2.75) is 19.3 Å². The molecule has 0 N–H and O–H groups in total. The average molecular weight is 281 g/mol. The van der Waals surface area contributed by atoms with Crippen LogP contribution in [0.25, 0.3) is 0 Å². The summed E-state index contributed by atoms with van der Waals surface area (Å²) in [6.45, 7) is 5.18. The molecule has 84 valence electrons. The van der Waals surface area contributed by atoms with Crippen molar-refractivity contribution in [1.29, 1.82) is 0 Å². The topological polar surface area (TPSA) is 18.5 Å². The van der Waals surface area contributed by atoms with Crippen molar-refractivity contribution in [3.63, 3.8) is 0 Å². The Balaban J connectivity index is 2.52.